The van der Waals surface area contributed by atoms with E-state index in [4.69, 9.17) is 0 Å². The van der Waals surface area contributed by atoms with Crippen LogP contribution >= 0.6 is 0 Å². The summed E-state index contributed by atoms with van der Waals surface area (Å²) in [6.45, 7) is 6.74. The zero-order valence-electron chi connectivity index (χ0n) is 20.0. The van der Waals surface area contributed by atoms with E-state index < -0.39 is 0 Å². The monoisotopic (exact) mass is 428 g/mol. The first-order valence-corrected chi connectivity index (χ1v) is 12.8. The van der Waals surface area contributed by atoms with Gasteiger partial charge in [0.15, 0.2) is 0 Å². The van der Waals surface area contributed by atoms with Crippen LogP contribution in [-0.2, 0) is 22.6 Å². The Labute approximate surface area is 190 Å². The van der Waals surface area contributed by atoms with Crippen LogP contribution in [0.4, 0.5) is 0 Å². The van der Waals surface area contributed by atoms with Crippen molar-refractivity contribution in [3.63, 3.8) is 0 Å². The lowest BCUT2D eigenvalue weighted by molar-refractivity contribution is -0.141. The molecule has 4 nitrogen and oxygen atoms in total. The molecule has 0 fully saturated rings. The number of benzene rings is 1. The number of rotatable bonds is 15. The van der Waals surface area contributed by atoms with Gasteiger partial charge in [-0.1, -0.05) is 95.9 Å². The first-order valence-electron chi connectivity index (χ1n) is 12.8. The molecular formula is C27H44N2O2. The Morgan fingerprint density at radius 3 is 2.13 bits per heavy atom. The third-order valence-corrected chi connectivity index (χ3v) is 6.44. The molecule has 0 N–H and O–H groups in total. The topological polar surface area (TPSA) is 40.6 Å². The number of carbonyl (C=O) groups excluding carboxylic acids is 2. The van der Waals surface area contributed by atoms with Crippen LogP contribution in [0, 0.1) is 0 Å². The van der Waals surface area contributed by atoms with Crippen LogP contribution in [0.25, 0.3) is 0 Å². The van der Waals surface area contributed by atoms with Gasteiger partial charge in [0.05, 0.1) is 6.54 Å². The molecule has 0 bridgehead atoms. The van der Waals surface area contributed by atoms with Crippen LogP contribution in [0.2, 0.25) is 0 Å². The molecule has 1 aliphatic heterocycles. The molecule has 1 aromatic rings. The molecular weight excluding hydrogens is 384 g/mol. The fourth-order valence-corrected chi connectivity index (χ4v) is 4.36. The van der Waals surface area contributed by atoms with E-state index in [1.165, 1.54) is 56.1 Å². The SMILES string of the molecule is CCCCCCCCCCCC(=O)N(CCCC)CC(=O)N1CCc2ccccc2C1. The quantitative estimate of drug-likeness (QED) is 0.316. The van der Waals surface area contributed by atoms with Crippen LogP contribution in [0.5, 0.6) is 0 Å². The Morgan fingerprint density at radius 1 is 0.839 bits per heavy atom. The average molecular weight is 429 g/mol. The molecule has 174 valence electrons. The van der Waals surface area contributed by atoms with E-state index in [0.717, 1.165) is 38.6 Å². The van der Waals surface area contributed by atoms with Crippen molar-refractivity contribution in [2.45, 2.75) is 104 Å². The summed E-state index contributed by atoms with van der Waals surface area (Å²) in [4.78, 5) is 29.5. The second-order valence-electron chi connectivity index (χ2n) is 9.08. The highest BCUT2D eigenvalue weighted by Gasteiger charge is 2.24. The van der Waals surface area contributed by atoms with Gasteiger partial charge in [-0.05, 0) is 30.4 Å². The number of carbonyl (C=O) groups is 2. The Morgan fingerprint density at radius 2 is 1.45 bits per heavy atom. The van der Waals surface area contributed by atoms with Gasteiger partial charge in [-0.3, -0.25) is 9.59 Å². The van der Waals surface area contributed by atoms with Crippen molar-refractivity contribution in [1.29, 1.82) is 0 Å². The molecule has 0 saturated heterocycles. The standard InChI is InChI=1S/C27H44N2O2/c1-3-5-7-8-9-10-11-12-13-18-26(30)28(20-6-4-2)23-27(31)29-21-19-24-16-14-15-17-25(24)22-29/h14-17H,3-13,18-23H2,1-2H3. The molecule has 31 heavy (non-hydrogen) atoms. The number of hydrogen-bond donors (Lipinski definition) is 0. The molecule has 0 atom stereocenters. The van der Waals surface area contributed by atoms with E-state index in [1.807, 2.05) is 15.9 Å². The minimum Gasteiger partial charge on any atom is -0.336 e. The summed E-state index contributed by atoms with van der Waals surface area (Å²) in [6, 6.07) is 8.36. The highest BCUT2D eigenvalue weighted by atomic mass is 16.2. The maximum absolute atomic E-state index is 12.9. The summed E-state index contributed by atoms with van der Waals surface area (Å²) < 4.78 is 0. The number of amides is 2. The smallest absolute Gasteiger partial charge is 0.242 e. The predicted molar refractivity (Wildman–Crippen MR) is 129 cm³/mol. The molecule has 0 unspecified atom stereocenters. The first-order chi connectivity index (χ1) is 15.2. The van der Waals surface area contributed by atoms with Gasteiger partial charge in [0.1, 0.15) is 0 Å². The fourth-order valence-electron chi connectivity index (χ4n) is 4.36. The van der Waals surface area contributed by atoms with Gasteiger partial charge in [0, 0.05) is 26.1 Å². The first kappa shape index (κ1) is 25.4. The lowest BCUT2D eigenvalue weighted by atomic mass is 10.00. The molecule has 2 rings (SSSR count). The number of fused-ring (bicyclic) bond motifs is 1. The molecule has 4 heteroatoms. The molecule has 0 spiro atoms. The second-order valence-corrected chi connectivity index (χ2v) is 9.08. The largest absolute Gasteiger partial charge is 0.336 e. The van der Waals surface area contributed by atoms with Gasteiger partial charge in [0.2, 0.25) is 11.8 Å². The average Bonchev–Trinajstić information content (AvgIpc) is 2.80. The Balaban J connectivity index is 1.72. The van der Waals surface area contributed by atoms with Gasteiger partial charge in [-0.2, -0.15) is 0 Å². The van der Waals surface area contributed by atoms with Gasteiger partial charge in [-0.15, -0.1) is 0 Å². The Hall–Kier alpha value is -1.84. The lowest BCUT2D eigenvalue weighted by Crippen LogP contribution is -2.44. The second kappa shape index (κ2) is 15.0. The van der Waals surface area contributed by atoms with Gasteiger partial charge in [-0.25, -0.2) is 0 Å². The summed E-state index contributed by atoms with van der Waals surface area (Å²) in [5.41, 5.74) is 2.58. The number of unbranched alkanes of at least 4 members (excludes halogenated alkanes) is 9. The van der Waals surface area contributed by atoms with Gasteiger partial charge >= 0.3 is 0 Å². The maximum atomic E-state index is 12.9. The normalized spacial score (nSPS) is 13.2. The highest BCUT2D eigenvalue weighted by Crippen LogP contribution is 2.19. The van der Waals surface area contributed by atoms with Crippen molar-refractivity contribution in [3.8, 4) is 0 Å². The molecule has 0 aromatic heterocycles. The van der Waals surface area contributed by atoms with E-state index in [-0.39, 0.29) is 18.4 Å². The predicted octanol–water partition coefficient (Wildman–Crippen LogP) is 6.12. The summed E-state index contributed by atoms with van der Waals surface area (Å²) in [6.07, 6.45) is 14.7. The van der Waals surface area contributed by atoms with Crippen LogP contribution in [0.3, 0.4) is 0 Å². The van der Waals surface area contributed by atoms with E-state index in [2.05, 4.69) is 32.0 Å². The van der Waals surface area contributed by atoms with Crippen molar-refractivity contribution in [3.05, 3.63) is 35.4 Å². The third-order valence-electron chi connectivity index (χ3n) is 6.44. The zero-order valence-corrected chi connectivity index (χ0v) is 20.0. The van der Waals surface area contributed by atoms with Crippen molar-refractivity contribution < 1.29 is 9.59 Å². The zero-order chi connectivity index (χ0) is 22.3. The lowest BCUT2D eigenvalue weighted by Gasteiger charge is -2.31. The third kappa shape index (κ3) is 9.45. The van der Waals surface area contributed by atoms with Crippen molar-refractivity contribution in [2.75, 3.05) is 19.6 Å². The van der Waals surface area contributed by atoms with E-state index in [0.29, 0.717) is 19.5 Å². The summed E-state index contributed by atoms with van der Waals surface area (Å²) >= 11 is 0. The van der Waals surface area contributed by atoms with Gasteiger partial charge < -0.3 is 9.80 Å². The maximum Gasteiger partial charge on any atom is 0.242 e. The number of hydrogen-bond acceptors (Lipinski definition) is 2. The van der Waals surface area contributed by atoms with Crippen molar-refractivity contribution >= 4 is 11.8 Å². The summed E-state index contributed by atoms with van der Waals surface area (Å²) in [5.74, 6) is 0.244. The molecule has 0 radical (unpaired) electrons. The van der Waals surface area contributed by atoms with Crippen LogP contribution in [-0.4, -0.2) is 41.2 Å². The highest BCUT2D eigenvalue weighted by molar-refractivity contribution is 5.85. The molecule has 1 aromatic carbocycles. The molecule has 2 amide bonds. The van der Waals surface area contributed by atoms with Crippen LogP contribution in [0.1, 0.15) is 102 Å². The summed E-state index contributed by atoms with van der Waals surface area (Å²) in [7, 11) is 0. The fraction of sp³-hybridized carbons (Fsp3) is 0.704. The van der Waals surface area contributed by atoms with E-state index >= 15 is 0 Å². The Kier molecular flexibility index (Phi) is 12.3. The van der Waals surface area contributed by atoms with Crippen LogP contribution in [0.15, 0.2) is 24.3 Å². The minimum atomic E-state index is 0.0889. The molecule has 1 aliphatic rings. The van der Waals surface area contributed by atoms with Crippen molar-refractivity contribution in [1.82, 2.24) is 9.80 Å². The minimum absolute atomic E-state index is 0.0889. The Bertz CT molecular complexity index is 658. The number of nitrogens with zero attached hydrogens (tertiary/aromatic N) is 2. The van der Waals surface area contributed by atoms with E-state index in [1.54, 1.807) is 0 Å². The summed E-state index contributed by atoms with van der Waals surface area (Å²) in [5, 5.41) is 0. The van der Waals surface area contributed by atoms with Crippen LogP contribution < -0.4 is 0 Å². The molecule has 0 saturated carbocycles. The van der Waals surface area contributed by atoms with Crippen molar-refractivity contribution in [2.24, 2.45) is 0 Å². The van der Waals surface area contributed by atoms with E-state index in [9.17, 15) is 9.59 Å². The molecule has 1 heterocycles. The molecule has 0 aliphatic carbocycles. The van der Waals surface area contributed by atoms with Gasteiger partial charge in [0.25, 0.3) is 0 Å².